The summed E-state index contributed by atoms with van der Waals surface area (Å²) in [4.78, 5) is 11.8. The highest BCUT2D eigenvalue weighted by atomic mass is 19.1. The fourth-order valence-electron chi connectivity index (χ4n) is 1.97. The molecule has 0 fully saturated rings. The number of halogens is 1. The number of hydrogen-bond acceptors (Lipinski definition) is 3. The van der Waals surface area contributed by atoms with Crippen LogP contribution in [0.5, 0.6) is 5.75 Å². The summed E-state index contributed by atoms with van der Waals surface area (Å²) in [5, 5.41) is 13.2. The molecule has 1 aromatic carbocycles. The molecule has 2 aromatic rings. The lowest BCUT2D eigenvalue weighted by molar-refractivity contribution is 0.250. The first-order chi connectivity index (χ1) is 10.6. The van der Waals surface area contributed by atoms with Gasteiger partial charge in [-0.15, -0.1) is 0 Å². The third-order valence-electron chi connectivity index (χ3n) is 2.98. The van der Waals surface area contributed by atoms with Crippen LogP contribution in [0, 0.1) is 0 Å². The second kappa shape index (κ2) is 7.63. The lowest BCUT2D eigenvalue weighted by atomic mass is 10.2. The van der Waals surface area contributed by atoms with Crippen molar-refractivity contribution in [1.82, 2.24) is 15.5 Å². The molecule has 2 rings (SSSR count). The maximum atomic E-state index is 12.0. The second-order valence-electron chi connectivity index (χ2n) is 5.28. The maximum Gasteiger partial charge on any atom is 0.320 e. The lowest BCUT2D eigenvalue weighted by Crippen LogP contribution is -2.34. The highest BCUT2D eigenvalue weighted by Gasteiger charge is 2.11. The number of H-pyrrole nitrogens is 1. The highest BCUT2D eigenvalue weighted by molar-refractivity contribution is 5.99. The van der Waals surface area contributed by atoms with Crippen LogP contribution >= 0.6 is 0 Å². The van der Waals surface area contributed by atoms with Gasteiger partial charge in [-0.3, -0.25) is 14.8 Å². The maximum absolute atomic E-state index is 12.0. The van der Waals surface area contributed by atoms with Crippen molar-refractivity contribution in [1.29, 1.82) is 0 Å². The third-order valence-corrected chi connectivity index (χ3v) is 2.98. The van der Waals surface area contributed by atoms with Crippen LogP contribution in [0.1, 0.15) is 26.7 Å². The van der Waals surface area contributed by atoms with Gasteiger partial charge in [0.15, 0.2) is 5.82 Å². The van der Waals surface area contributed by atoms with Gasteiger partial charge in [-0.2, -0.15) is 5.10 Å². The topological polar surface area (TPSA) is 79.0 Å². The van der Waals surface area contributed by atoms with Crippen molar-refractivity contribution in [3.8, 4) is 5.75 Å². The molecule has 6 nitrogen and oxygen atoms in total. The molecule has 120 valence electrons. The van der Waals surface area contributed by atoms with Gasteiger partial charge in [0.05, 0.1) is 18.8 Å². The SMILES string of the molecule is CC(C)NC(=O)Nc1n[nH]c2ccc(OCCCCF)cc12. The summed E-state index contributed by atoms with van der Waals surface area (Å²) in [5.74, 6) is 1.11. The van der Waals surface area contributed by atoms with E-state index in [1.807, 2.05) is 26.0 Å². The fraction of sp³-hybridized carbons (Fsp3) is 0.467. The number of rotatable bonds is 7. The summed E-state index contributed by atoms with van der Waals surface area (Å²) in [6, 6.07) is 5.18. The molecule has 2 amide bonds. The number of aromatic amines is 1. The molecule has 0 radical (unpaired) electrons. The normalized spacial score (nSPS) is 10.9. The predicted octanol–water partition coefficient (Wildman–Crippen LogP) is 3.22. The molecule has 22 heavy (non-hydrogen) atoms. The molecular formula is C15H21FN4O2. The molecule has 0 aliphatic heterocycles. The Bertz CT molecular complexity index is 627. The average molecular weight is 308 g/mol. The minimum absolute atomic E-state index is 0.0413. The van der Waals surface area contributed by atoms with Crippen LogP contribution in [0.15, 0.2) is 18.2 Å². The number of aromatic nitrogens is 2. The molecule has 0 bridgehead atoms. The third kappa shape index (κ3) is 4.34. The van der Waals surface area contributed by atoms with Crippen molar-refractivity contribution in [2.45, 2.75) is 32.7 Å². The molecule has 1 heterocycles. The first kappa shape index (κ1) is 16.1. The van der Waals surface area contributed by atoms with Crippen molar-refractivity contribution in [3.05, 3.63) is 18.2 Å². The minimum Gasteiger partial charge on any atom is -0.494 e. The number of benzene rings is 1. The number of amides is 2. The molecule has 0 atom stereocenters. The van der Waals surface area contributed by atoms with Crippen molar-refractivity contribution in [2.75, 3.05) is 18.6 Å². The summed E-state index contributed by atoms with van der Waals surface area (Å²) in [6.07, 6.45) is 1.16. The molecule has 0 spiro atoms. The standard InChI is InChI=1S/C15H21FN4O2/c1-10(2)17-15(21)18-14-12-9-11(22-8-4-3-7-16)5-6-13(12)19-20-14/h5-6,9-10H,3-4,7-8H2,1-2H3,(H3,17,18,19,20,21). The zero-order chi connectivity index (χ0) is 15.9. The van der Waals surface area contributed by atoms with E-state index in [0.717, 1.165) is 10.9 Å². The van der Waals surface area contributed by atoms with E-state index in [-0.39, 0.29) is 18.7 Å². The van der Waals surface area contributed by atoms with Crippen LogP contribution in [-0.4, -0.2) is 35.6 Å². The lowest BCUT2D eigenvalue weighted by Gasteiger charge is -2.09. The monoisotopic (exact) mass is 308 g/mol. The van der Waals surface area contributed by atoms with Gasteiger partial charge in [0.1, 0.15) is 5.75 Å². The quantitative estimate of drug-likeness (QED) is 0.687. The van der Waals surface area contributed by atoms with Crippen LogP contribution < -0.4 is 15.4 Å². The molecule has 0 saturated carbocycles. The zero-order valence-corrected chi connectivity index (χ0v) is 12.8. The molecule has 0 unspecified atom stereocenters. The van der Waals surface area contributed by atoms with E-state index >= 15 is 0 Å². The highest BCUT2D eigenvalue weighted by Crippen LogP contribution is 2.25. The van der Waals surface area contributed by atoms with Gasteiger partial charge >= 0.3 is 6.03 Å². The Balaban J connectivity index is 2.06. The Morgan fingerprint density at radius 1 is 1.41 bits per heavy atom. The van der Waals surface area contributed by atoms with Gasteiger partial charge in [-0.25, -0.2) is 4.79 Å². The molecule has 0 saturated heterocycles. The van der Waals surface area contributed by atoms with E-state index in [9.17, 15) is 9.18 Å². The number of urea groups is 1. The minimum atomic E-state index is -0.330. The number of anilines is 1. The van der Waals surface area contributed by atoms with Crippen molar-refractivity contribution in [3.63, 3.8) is 0 Å². The van der Waals surface area contributed by atoms with Gasteiger partial charge in [-0.1, -0.05) is 0 Å². The molecule has 1 aromatic heterocycles. The fourth-order valence-corrected chi connectivity index (χ4v) is 1.97. The Morgan fingerprint density at radius 3 is 2.95 bits per heavy atom. The molecular weight excluding hydrogens is 287 g/mol. The first-order valence-electron chi connectivity index (χ1n) is 7.34. The van der Waals surface area contributed by atoms with Gasteiger partial charge < -0.3 is 10.1 Å². The molecule has 0 aliphatic rings. The van der Waals surface area contributed by atoms with Crippen LogP contribution in [0.3, 0.4) is 0 Å². The van der Waals surface area contributed by atoms with E-state index in [0.29, 0.717) is 31.0 Å². The number of alkyl halides is 1. The van der Waals surface area contributed by atoms with Gasteiger partial charge in [0.2, 0.25) is 0 Å². The summed E-state index contributed by atoms with van der Waals surface area (Å²) in [5.41, 5.74) is 0.802. The van der Waals surface area contributed by atoms with Gasteiger partial charge in [-0.05, 0) is 44.9 Å². The molecule has 0 aliphatic carbocycles. The van der Waals surface area contributed by atoms with Crippen LogP contribution in [0.2, 0.25) is 0 Å². The number of unbranched alkanes of at least 4 members (excludes halogenated alkanes) is 1. The Hall–Kier alpha value is -2.31. The smallest absolute Gasteiger partial charge is 0.320 e. The van der Waals surface area contributed by atoms with E-state index in [2.05, 4.69) is 20.8 Å². The number of carbonyl (C=O) groups excluding carboxylic acids is 1. The van der Waals surface area contributed by atoms with E-state index in [1.165, 1.54) is 0 Å². The summed E-state index contributed by atoms with van der Waals surface area (Å²) in [7, 11) is 0. The summed E-state index contributed by atoms with van der Waals surface area (Å²) >= 11 is 0. The van der Waals surface area contributed by atoms with Crippen molar-refractivity contribution in [2.24, 2.45) is 0 Å². The van der Waals surface area contributed by atoms with E-state index in [1.54, 1.807) is 6.07 Å². The summed E-state index contributed by atoms with van der Waals surface area (Å²) in [6.45, 7) is 3.89. The average Bonchev–Trinajstić information content (AvgIpc) is 2.85. The number of nitrogens with zero attached hydrogens (tertiary/aromatic N) is 1. The van der Waals surface area contributed by atoms with Crippen LogP contribution in [0.4, 0.5) is 15.0 Å². The molecule has 3 N–H and O–H groups in total. The number of hydrogen-bond donors (Lipinski definition) is 3. The van der Waals surface area contributed by atoms with E-state index < -0.39 is 0 Å². The van der Waals surface area contributed by atoms with E-state index in [4.69, 9.17) is 4.74 Å². The predicted molar refractivity (Wildman–Crippen MR) is 84.1 cm³/mol. The Kier molecular flexibility index (Phi) is 5.57. The number of ether oxygens (including phenoxy) is 1. The van der Waals surface area contributed by atoms with Crippen molar-refractivity contribution < 1.29 is 13.9 Å². The largest absolute Gasteiger partial charge is 0.494 e. The van der Waals surface area contributed by atoms with Gasteiger partial charge in [0, 0.05) is 11.4 Å². The number of carbonyl (C=O) groups is 1. The van der Waals surface area contributed by atoms with Crippen molar-refractivity contribution >= 4 is 22.8 Å². The Labute approximate surface area is 128 Å². The first-order valence-corrected chi connectivity index (χ1v) is 7.34. The molecule has 7 heteroatoms. The van der Waals surface area contributed by atoms with Gasteiger partial charge in [0.25, 0.3) is 0 Å². The zero-order valence-electron chi connectivity index (χ0n) is 12.8. The number of fused-ring (bicyclic) bond motifs is 1. The summed E-state index contributed by atoms with van der Waals surface area (Å²) < 4.78 is 17.6. The van der Waals surface area contributed by atoms with Crippen LogP contribution in [-0.2, 0) is 0 Å². The Morgan fingerprint density at radius 2 is 2.23 bits per heavy atom. The second-order valence-corrected chi connectivity index (χ2v) is 5.28. The van der Waals surface area contributed by atoms with Crippen LogP contribution in [0.25, 0.3) is 10.9 Å². The number of nitrogens with one attached hydrogen (secondary N) is 3.